The van der Waals surface area contributed by atoms with E-state index in [-0.39, 0.29) is 18.9 Å². The Labute approximate surface area is 102 Å². The largest absolute Gasteiger partial charge is 0.496 e. The molecule has 2 N–H and O–H groups in total. The van der Waals surface area contributed by atoms with Crippen molar-refractivity contribution >= 4 is 5.91 Å². The van der Waals surface area contributed by atoms with Crippen LogP contribution in [0.25, 0.3) is 0 Å². The molecule has 0 fully saturated rings. The maximum atomic E-state index is 11.6. The minimum Gasteiger partial charge on any atom is -0.496 e. The number of aliphatic hydroxyl groups excluding tert-OH is 1. The van der Waals surface area contributed by atoms with Crippen LogP contribution in [0.4, 0.5) is 0 Å². The Morgan fingerprint density at radius 1 is 1.53 bits per heavy atom. The van der Waals surface area contributed by atoms with Crippen molar-refractivity contribution in [3.8, 4) is 5.75 Å². The van der Waals surface area contributed by atoms with E-state index in [1.165, 1.54) is 0 Å². The average Bonchev–Trinajstić information content (AvgIpc) is 2.27. The molecule has 17 heavy (non-hydrogen) atoms. The van der Waals surface area contributed by atoms with E-state index in [1.54, 1.807) is 14.0 Å². The van der Waals surface area contributed by atoms with Gasteiger partial charge in [-0.3, -0.25) is 4.79 Å². The van der Waals surface area contributed by atoms with E-state index < -0.39 is 6.10 Å². The van der Waals surface area contributed by atoms with Crippen molar-refractivity contribution in [2.75, 3.05) is 13.7 Å². The second-order valence-corrected chi connectivity index (χ2v) is 4.15. The third kappa shape index (κ3) is 4.44. The first-order valence-corrected chi connectivity index (χ1v) is 5.61. The molecule has 1 aromatic carbocycles. The smallest absolute Gasteiger partial charge is 0.224 e. The number of rotatable bonds is 5. The highest BCUT2D eigenvalue weighted by atomic mass is 16.5. The van der Waals surface area contributed by atoms with E-state index in [4.69, 9.17) is 9.84 Å². The first-order valence-electron chi connectivity index (χ1n) is 5.61. The number of carbonyl (C=O) groups excluding carboxylic acids is 1. The number of hydrogen-bond donors (Lipinski definition) is 2. The lowest BCUT2D eigenvalue weighted by molar-refractivity contribution is -0.120. The molecule has 0 saturated carbocycles. The fourth-order valence-corrected chi connectivity index (χ4v) is 1.54. The van der Waals surface area contributed by atoms with Crippen LogP contribution in [0.5, 0.6) is 5.75 Å². The Balaban J connectivity index is 2.66. The van der Waals surface area contributed by atoms with Gasteiger partial charge in [-0.2, -0.15) is 0 Å². The summed E-state index contributed by atoms with van der Waals surface area (Å²) in [4.78, 5) is 11.6. The lowest BCUT2D eigenvalue weighted by atomic mass is 10.1. The molecule has 0 aliphatic carbocycles. The summed E-state index contributed by atoms with van der Waals surface area (Å²) in [5.74, 6) is 0.595. The van der Waals surface area contributed by atoms with Gasteiger partial charge in [0.15, 0.2) is 0 Å². The molecule has 1 aromatic rings. The summed E-state index contributed by atoms with van der Waals surface area (Å²) in [6.45, 7) is 3.87. The first kappa shape index (κ1) is 13.5. The van der Waals surface area contributed by atoms with Gasteiger partial charge in [0.2, 0.25) is 5.91 Å². The quantitative estimate of drug-likeness (QED) is 0.804. The van der Waals surface area contributed by atoms with Gasteiger partial charge in [0, 0.05) is 12.1 Å². The van der Waals surface area contributed by atoms with Crippen molar-refractivity contribution < 1.29 is 14.6 Å². The Bertz CT molecular complexity index is 388. The highest BCUT2D eigenvalue weighted by Crippen LogP contribution is 2.19. The fourth-order valence-electron chi connectivity index (χ4n) is 1.54. The molecule has 0 heterocycles. The molecule has 1 amide bonds. The van der Waals surface area contributed by atoms with Gasteiger partial charge in [0.05, 0.1) is 19.6 Å². The van der Waals surface area contributed by atoms with Crippen LogP contribution in [0.15, 0.2) is 18.2 Å². The van der Waals surface area contributed by atoms with Crippen LogP contribution in [0.3, 0.4) is 0 Å². The van der Waals surface area contributed by atoms with Crippen LogP contribution in [-0.4, -0.2) is 30.8 Å². The van der Waals surface area contributed by atoms with Crippen molar-refractivity contribution in [2.45, 2.75) is 26.4 Å². The summed E-state index contributed by atoms with van der Waals surface area (Å²) in [5.41, 5.74) is 1.94. The standard InChI is InChI=1S/C13H19NO3/c1-9-4-5-12(17-3)11(6-9)7-13(16)14-8-10(2)15/h4-6,10,15H,7-8H2,1-3H3,(H,14,16)/t10-/m1/s1. The maximum Gasteiger partial charge on any atom is 0.224 e. The molecule has 0 aromatic heterocycles. The van der Waals surface area contributed by atoms with Gasteiger partial charge >= 0.3 is 0 Å². The van der Waals surface area contributed by atoms with E-state index in [0.717, 1.165) is 11.1 Å². The summed E-state index contributed by atoms with van der Waals surface area (Å²) in [6.07, 6.45) is -0.268. The summed E-state index contributed by atoms with van der Waals surface area (Å²) < 4.78 is 5.20. The Kier molecular flexibility index (Phi) is 4.97. The van der Waals surface area contributed by atoms with Crippen LogP contribution in [0, 0.1) is 6.92 Å². The minimum atomic E-state index is -0.529. The van der Waals surface area contributed by atoms with Crippen LogP contribution in [0.2, 0.25) is 0 Å². The lowest BCUT2D eigenvalue weighted by Crippen LogP contribution is -2.31. The number of aliphatic hydroxyl groups is 1. The molecular weight excluding hydrogens is 218 g/mol. The number of nitrogens with one attached hydrogen (secondary N) is 1. The molecule has 1 atom stereocenters. The fraction of sp³-hybridized carbons (Fsp3) is 0.462. The molecule has 0 saturated heterocycles. The number of aryl methyl sites for hydroxylation is 1. The Morgan fingerprint density at radius 3 is 2.82 bits per heavy atom. The molecule has 4 nitrogen and oxygen atoms in total. The third-order valence-corrected chi connectivity index (χ3v) is 2.38. The van der Waals surface area contributed by atoms with E-state index in [9.17, 15) is 4.79 Å². The van der Waals surface area contributed by atoms with E-state index in [2.05, 4.69) is 5.32 Å². The third-order valence-electron chi connectivity index (χ3n) is 2.38. The second kappa shape index (κ2) is 6.25. The number of methoxy groups -OCH3 is 1. The summed E-state index contributed by atoms with van der Waals surface area (Å²) in [5, 5.41) is 11.7. The van der Waals surface area contributed by atoms with Crippen molar-refractivity contribution in [1.82, 2.24) is 5.32 Å². The average molecular weight is 237 g/mol. The zero-order valence-electron chi connectivity index (χ0n) is 10.5. The van der Waals surface area contributed by atoms with E-state index in [0.29, 0.717) is 5.75 Å². The minimum absolute atomic E-state index is 0.116. The van der Waals surface area contributed by atoms with Gasteiger partial charge < -0.3 is 15.2 Å². The lowest BCUT2D eigenvalue weighted by Gasteiger charge is -2.10. The van der Waals surface area contributed by atoms with Gasteiger partial charge in [-0.05, 0) is 19.9 Å². The predicted octanol–water partition coefficient (Wildman–Crippen LogP) is 1.04. The molecular formula is C13H19NO3. The van der Waals surface area contributed by atoms with Gasteiger partial charge in [0.25, 0.3) is 0 Å². The first-order chi connectivity index (χ1) is 8.02. The highest BCUT2D eigenvalue weighted by molar-refractivity contribution is 5.79. The predicted molar refractivity (Wildman–Crippen MR) is 66.1 cm³/mol. The summed E-state index contributed by atoms with van der Waals surface area (Å²) >= 11 is 0. The van der Waals surface area contributed by atoms with Crippen molar-refractivity contribution in [3.05, 3.63) is 29.3 Å². The molecule has 0 aliphatic heterocycles. The van der Waals surface area contributed by atoms with Crippen molar-refractivity contribution in [2.24, 2.45) is 0 Å². The maximum absolute atomic E-state index is 11.6. The Morgan fingerprint density at radius 2 is 2.24 bits per heavy atom. The van der Waals surface area contributed by atoms with Gasteiger partial charge in [-0.25, -0.2) is 0 Å². The number of benzene rings is 1. The van der Waals surface area contributed by atoms with Gasteiger partial charge in [-0.1, -0.05) is 17.7 Å². The van der Waals surface area contributed by atoms with Gasteiger partial charge in [-0.15, -0.1) is 0 Å². The van der Waals surface area contributed by atoms with Gasteiger partial charge in [0.1, 0.15) is 5.75 Å². The normalized spacial score (nSPS) is 12.0. The monoisotopic (exact) mass is 237 g/mol. The molecule has 1 rings (SSSR count). The van der Waals surface area contributed by atoms with E-state index in [1.807, 2.05) is 25.1 Å². The molecule has 0 bridgehead atoms. The number of ether oxygens (including phenoxy) is 1. The van der Waals surface area contributed by atoms with Crippen LogP contribution < -0.4 is 10.1 Å². The zero-order chi connectivity index (χ0) is 12.8. The summed E-state index contributed by atoms with van der Waals surface area (Å²) in [6, 6.07) is 5.73. The van der Waals surface area contributed by atoms with Crippen LogP contribution in [0.1, 0.15) is 18.1 Å². The molecule has 0 aliphatic rings. The molecule has 0 unspecified atom stereocenters. The molecule has 0 radical (unpaired) electrons. The SMILES string of the molecule is COc1ccc(C)cc1CC(=O)NC[C@@H](C)O. The number of carbonyl (C=O) groups is 1. The topological polar surface area (TPSA) is 58.6 Å². The second-order valence-electron chi connectivity index (χ2n) is 4.15. The van der Waals surface area contributed by atoms with E-state index >= 15 is 0 Å². The number of hydrogen-bond acceptors (Lipinski definition) is 3. The Hall–Kier alpha value is -1.55. The molecule has 94 valence electrons. The molecule has 0 spiro atoms. The number of amides is 1. The highest BCUT2D eigenvalue weighted by Gasteiger charge is 2.09. The van der Waals surface area contributed by atoms with Crippen LogP contribution in [-0.2, 0) is 11.2 Å². The zero-order valence-corrected chi connectivity index (χ0v) is 10.5. The van der Waals surface area contributed by atoms with Crippen molar-refractivity contribution in [3.63, 3.8) is 0 Å². The molecule has 4 heteroatoms. The van der Waals surface area contributed by atoms with Crippen molar-refractivity contribution in [1.29, 1.82) is 0 Å². The summed E-state index contributed by atoms with van der Waals surface area (Å²) in [7, 11) is 1.59. The van der Waals surface area contributed by atoms with Crippen LogP contribution >= 0.6 is 0 Å².